The third kappa shape index (κ3) is 7.33. The van der Waals surface area contributed by atoms with Crippen LogP contribution in [0.2, 0.25) is 0 Å². The lowest BCUT2D eigenvalue weighted by molar-refractivity contribution is 0.116. The van der Waals surface area contributed by atoms with Crippen LogP contribution < -0.4 is 5.32 Å². The average Bonchev–Trinajstić information content (AvgIpc) is 2.09. The lowest BCUT2D eigenvalue weighted by Gasteiger charge is -2.12. The minimum absolute atomic E-state index is 0.311. The molecular weight excluding hydrogens is 170 g/mol. The van der Waals surface area contributed by atoms with Crippen LogP contribution in [0.15, 0.2) is 12.7 Å². The van der Waals surface area contributed by atoms with Crippen molar-refractivity contribution in [2.45, 2.75) is 25.8 Å². The van der Waals surface area contributed by atoms with Crippen molar-refractivity contribution in [1.29, 1.82) is 0 Å². The van der Waals surface area contributed by atoms with Crippen LogP contribution in [0.5, 0.6) is 0 Å². The molecule has 2 N–H and O–H groups in total. The van der Waals surface area contributed by atoms with Crippen LogP contribution in [-0.2, 0) is 4.74 Å². The zero-order chi connectivity index (χ0) is 10.1. The summed E-state index contributed by atoms with van der Waals surface area (Å²) < 4.78 is 5.23. The van der Waals surface area contributed by atoms with E-state index in [0.717, 1.165) is 12.8 Å². The molecule has 0 heterocycles. The van der Waals surface area contributed by atoms with Gasteiger partial charge in [-0.15, -0.1) is 6.58 Å². The first kappa shape index (κ1) is 12.0. The Balaban J connectivity index is 3.48. The van der Waals surface area contributed by atoms with Crippen LogP contribution in [-0.4, -0.2) is 30.5 Å². The average molecular weight is 187 g/mol. The number of nitrogens with one attached hydrogen (secondary N) is 1. The maximum Gasteiger partial charge on any atom is 0.405 e. The number of carbonyl (C=O) groups is 1. The fraction of sp³-hybridized carbons (Fsp3) is 0.667. The summed E-state index contributed by atoms with van der Waals surface area (Å²) in [5.74, 6) is 0. The van der Waals surface area contributed by atoms with Crippen LogP contribution in [0, 0.1) is 0 Å². The molecule has 0 aliphatic rings. The number of carboxylic acid groups (broad SMARTS) is 1. The van der Waals surface area contributed by atoms with E-state index in [-0.39, 0.29) is 6.04 Å². The van der Waals surface area contributed by atoms with E-state index in [9.17, 15) is 4.79 Å². The quantitative estimate of drug-likeness (QED) is 0.470. The molecule has 76 valence electrons. The molecule has 0 rings (SSSR count). The molecule has 1 atom stereocenters. The van der Waals surface area contributed by atoms with Gasteiger partial charge in [-0.25, -0.2) is 4.79 Å². The summed E-state index contributed by atoms with van der Waals surface area (Å²) in [7, 11) is 0. The topological polar surface area (TPSA) is 58.6 Å². The summed E-state index contributed by atoms with van der Waals surface area (Å²) in [5, 5.41) is 10.7. The summed E-state index contributed by atoms with van der Waals surface area (Å²) in [5.41, 5.74) is 0. The molecule has 0 aromatic heterocycles. The van der Waals surface area contributed by atoms with E-state index in [1.165, 1.54) is 6.08 Å². The normalized spacial score (nSPS) is 12.1. The third-order valence-corrected chi connectivity index (χ3v) is 1.53. The molecule has 0 aliphatic carbocycles. The van der Waals surface area contributed by atoms with E-state index in [0.29, 0.717) is 13.2 Å². The fourth-order valence-electron chi connectivity index (χ4n) is 0.784. The van der Waals surface area contributed by atoms with E-state index in [4.69, 9.17) is 9.84 Å². The highest BCUT2D eigenvalue weighted by atomic mass is 16.5. The minimum Gasteiger partial charge on any atom is -0.465 e. The molecule has 1 amide bonds. The van der Waals surface area contributed by atoms with Gasteiger partial charge in [-0.05, 0) is 6.42 Å². The van der Waals surface area contributed by atoms with Gasteiger partial charge < -0.3 is 15.2 Å². The number of hydrogen-bond acceptors (Lipinski definition) is 2. The maximum absolute atomic E-state index is 10.2. The number of unbranched alkanes of at least 4 members (excludes halogenated alkanes) is 1. The molecule has 4 heteroatoms. The lowest BCUT2D eigenvalue weighted by Crippen LogP contribution is -2.35. The molecule has 0 saturated carbocycles. The smallest absolute Gasteiger partial charge is 0.405 e. The molecule has 0 aromatic carbocycles. The first-order chi connectivity index (χ1) is 6.20. The van der Waals surface area contributed by atoms with Gasteiger partial charge in [-0.1, -0.05) is 19.4 Å². The first-order valence-corrected chi connectivity index (χ1v) is 4.40. The van der Waals surface area contributed by atoms with Gasteiger partial charge in [0, 0.05) is 6.61 Å². The second-order valence-electron chi connectivity index (χ2n) is 2.72. The number of hydrogen-bond donors (Lipinski definition) is 2. The Morgan fingerprint density at radius 1 is 1.77 bits per heavy atom. The van der Waals surface area contributed by atoms with Crippen LogP contribution in [0.3, 0.4) is 0 Å². The van der Waals surface area contributed by atoms with Crippen molar-refractivity contribution in [1.82, 2.24) is 5.32 Å². The molecule has 0 saturated heterocycles. The predicted molar refractivity (Wildman–Crippen MR) is 50.9 cm³/mol. The molecule has 4 nitrogen and oxygen atoms in total. The predicted octanol–water partition coefficient (Wildman–Crippen LogP) is 1.63. The van der Waals surface area contributed by atoms with Crippen molar-refractivity contribution in [3.63, 3.8) is 0 Å². The molecule has 0 fully saturated rings. The van der Waals surface area contributed by atoms with Crippen LogP contribution >= 0.6 is 0 Å². The zero-order valence-corrected chi connectivity index (χ0v) is 7.95. The molecule has 0 spiro atoms. The molecule has 0 radical (unpaired) electrons. The number of rotatable bonds is 7. The van der Waals surface area contributed by atoms with Gasteiger partial charge in [0.05, 0.1) is 12.6 Å². The number of amides is 1. The van der Waals surface area contributed by atoms with Crippen molar-refractivity contribution < 1.29 is 14.6 Å². The molecule has 0 bridgehead atoms. The Kier molecular flexibility index (Phi) is 7.01. The largest absolute Gasteiger partial charge is 0.465 e. The van der Waals surface area contributed by atoms with Crippen molar-refractivity contribution in [3.8, 4) is 0 Å². The van der Waals surface area contributed by atoms with Crippen molar-refractivity contribution in [2.24, 2.45) is 0 Å². The Bertz CT molecular complexity index is 159. The van der Waals surface area contributed by atoms with Gasteiger partial charge >= 0.3 is 6.09 Å². The Morgan fingerprint density at radius 2 is 2.46 bits per heavy atom. The van der Waals surface area contributed by atoms with E-state index in [2.05, 4.69) is 18.8 Å². The van der Waals surface area contributed by atoms with Gasteiger partial charge in [0.2, 0.25) is 0 Å². The van der Waals surface area contributed by atoms with Gasteiger partial charge in [0.15, 0.2) is 0 Å². The molecule has 1 unspecified atom stereocenters. The Labute approximate surface area is 78.6 Å². The van der Waals surface area contributed by atoms with Crippen LogP contribution in [0.4, 0.5) is 4.79 Å². The lowest BCUT2D eigenvalue weighted by atomic mass is 10.3. The van der Waals surface area contributed by atoms with E-state index < -0.39 is 6.09 Å². The van der Waals surface area contributed by atoms with Gasteiger partial charge in [-0.2, -0.15) is 0 Å². The summed E-state index contributed by atoms with van der Waals surface area (Å²) in [4.78, 5) is 10.2. The monoisotopic (exact) mass is 187 g/mol. The molecule has 0 aromatic rings. The highest BCUT2D eigenvalue weighted by molar-refractivity contribution is 5.65. The second kappa shape index (κ2) is 7.61. The van der Waals surface area contributed by atoms with Gasteiger partial charge in [0.25, 0.3) is 0 Å². The van der Waals surface area contributed by atoms with E-state index >= 15 is 0 Å². The minimum atomic E-state index is -1.05. The van der Waals surface area contributed by atoms with Crippen LogP contribution in [0.25, 0.3) is 0 Å². The zero-order valence-electron chi connectivity index (χ0n) is 7.95. The maximum atomic E-state index is 10.2. The van der Waals surface area contributed by atoms with Crippen molar-refractivity contribution >= 4 is 6.09 Å². The van der Waals surface area contributed by atoms with E-state index in [1.807, 2.05) is 0 Å². The summed E-state index contributed by atoms with van der Waals surface area (Å²) in [6.45, 7) is 6.61. The summed E-state index contributed by atoms with van der Waals surface area (Å²) in [6, 6.07) is -0.311. The van der Waals surface area contributed by atoms with Crippen molar-refractivity contribution in [3.05, 3.63) is 12.7 Å². The molecular formula is C9H17NO3. The van der Waals surface area contributed by atoms with Crippen LogP contribution in [0.1, 0.15) is 19.8 Å². The molecule has 0 aliphatic heterocycles. The standard InChI is InChI=1S/C9H17NO3/c1-3-5-6-13-7-8(4-2)10-9(11)12/h4,8,10H,2-3,5-7H2,1H3,(H,11,12). The third-order valence-electron chi connectivity index (χ3n) is 1.53. The first-order valence-electron chi connectivity index (χ1n) is 4.40. The Morgan fingerprint density at radius 3 is 2.92 bits per heavy atom. The second-order valence-corrected chi connectivity index (χ2v) is 2.72. The Hall–Kier alpha value is -1.03. The summed E-state index contributed by atoms with van der Waals surface area (Å²) in [6.07, 6.45) is 2.55. The van der Waals surface area contributed by atoms with Gasteiger partial charge in [0.1, 0.15) is 0 Å². The summed E-state index contributed by atoms with van der Waals surface area (Å²) >= 11 is 0. The van der Waals surface area contributed by atoms with Crippen molar-refractivity contribution in [2.75, 3.05) is 13.2 Å². The van der Waals surface area contributed by atoms with Gasteiger partial charge in [-0.3, -0.25) is 0 Å². The molecule has 13 heavy (non-hydrogen) atoms. The fourth-order valence-corrected chi connectivity index (χ4v) is 0.784. The highest BCUT2D eigenvalue weighted by Crippen LogP contribution is 1.91. The number of ether oxygens (including phenoxy) is 1. The highest BCUT2D eigenvalue weighted by Gasteiger charge is 2.06. The van der Waals surface area contributed by atoms with E-state index in [1.54, 1.807) is 0 Å². The SMILES string of the molecule is C=CC(COCCCC)NC(=O)O.